The van der Waals surface area contributed by atoms with Crippen LogP contribution < -0.4 is 5.73 Å². The second kappa shape index (κ2) is 11.7. The Labute approximate surface area is 183 Å². The molecule has 4 N–H and O–H groups in total. The maximum Gasteiger partial charge on any atom is 0.506 e. The molecular formula is C20H22ClN5O5. The average Bonchev–Trinajstić information content (AvgIpc) is 3.42. The van der Waals surface area contributed by atoms with Crippen LogP contribution in [-0.4, -0.2) is 48.6 Å². The highest BCUT2D eigenvalue weighted by molar-refractivity contribution is 6.28. The molecule has 164 valence electrons. The number of rotatable bonds is 4. The summed E-state index contributed by atoms with van der Waals surface area (Å²) >= 11 is 5.82. The number of aromatic nitrogens is 4. The Morgan fingerprint density at radius 2 is 2.13 bits per heavy atom. The van der Waals surface area contributed by atoms with Gasteiger partial charge in [0.1, 0.15) is 24.3 Å². The van der Waals surface area contributed by atoms with Gasteiger partial charge in [0, 0.05) is 24.2 Å². The summed E-state index contributed by atoms with van der Waals surface area (Å²) in [6, 6.07) is 5.31. The Balaban J connectivity index is 0.000000226. The Morgan fingerprint density at radius 1 is 1.35 bits per heavy atom. The molecule has 10 nitrogen and oxygen atoms in total. The number of ether oxygens (including phenoxy) is 2. The van der Waals surface area contributed by atoms with Crippen molar-refractivity contribution < 1.29 is 24.5 Å². The van der Waals surface area contributed by atoms with Crippen molar-refractivity contribution in [1.29, 1.82) is 0 Å². The topological polar surface area (TPSA) is 146 Å². The summed E-state index contributed by atoms with van der Waals surface area (Å²) < 4.78 is 11.9. The van der Waals surface area contributed by atoms with Crippen molar-refractivity contribution in [3.63, 3.8) is 0 Å². The normalized spacial score (nSPS) is 17.2. The SMILES string of the molecule is C#C.Nc1nc(Cl)nc2c1ccn2[C@H]1CC[C@@H](CO)O1.O=C(O)OCc1cccnc1. The molecular weight excluding hydrogens is 426 g/mol. The number of aliphatic hydroxyl groups excluding tert-OH is 1. The number of hydrogen-bond acceptors (Lipinski definition) is 8. The van der Waals surface area contributed by atoms with Gasteiger partial charge in [-0.15, -0.1) is 12.8 Å². The first-order valence-corrected chi connectivity index (χ1v) is 9.49. The van der Waals surface area contributed by atoms with Crippen LogP contribution in [0.4, 0.5) is 10.6 Å². The van der Waals surface area contributed by atoms with Crippen molar-refractivity contribution in [1.82, 2.24) is 19.5 Å². The molecule has 3 aromatic rings. The van der Waals surface area contributed by atoms with E-state index in [-0.39, 0.29) is 30.8 Å². The smallest absolute Gasteiger partial charge is 0.450 e. The molecule has 0 aliphatic carbocycles. The highest BCUT2D eigenvalue weighted by Crippen LogP contribution is 2.32. The lowest BCUT2D eigenvalue weighted by molar-refractivity contribution is -0.0204. The summed E-state index contributed by atoms with van der Waals surface area (Å²) in [6.07, 6.45) is 13.2. The minimum Gasteiger partial charge on any atom is -0.450 e. The molecule has 0 unspecified atom stereocenters. The van der Waals surface area contributed by atoms with Gasteiger partial charge in [-0.3, -0.25) is 4.98 Å². The molecule has 2 atom stereocenters. The fraction of sp³-hybridized carbons (Fsp3) is 0.300. The van der Waals surface area contributed by atoms with E-state index in [2.05, 4.69) is 32.5 Å². The molecule has 0 radical (unpaired) electrons. The number of nitrogen functional groups attached to an aromatic ring is 1. The van der Waals surface area contributed by atoms with Gasteiger partial charge in [0.05, 0.1) is 18.1 Å². The number of nitrogens with two attached hydrogens (primary N) is 1. The van der Waals surface area contributed by atoms with Crippen molar-refractivity contribution >= 4 is 34.6 Å². The lowest BCUT2D eigenvalue weighted by Crippen LogP contribution is -2.14. The van der Waals surface area contributed by atoms with Crippen molar-refractivity contribution in [3.05, 3.63) is 47.6 Å². The van der Waals surface area contributed by atoms with E-state index in [1.807, 2.05) is 16.8 Å². The number of halogens is 1. The van der Waals surface area contributed by atoms with Gasteiger partial charge in [-0.1, -0.05) is 6.07 Å². The summed E-state index contributed by atoms with van der Waals surface area (Å²) in [7, 11) is 0. The van der Waals surface area contributed by atoms with Crippen LogP contribution in [0.3, 0.4) is 0 Å². The van der Waals surface area contributed by atoms with E-state index in [9.17, 15) is 4.79 Å². The highest BCUT2D eigenvalue weighted by Gasteiger charge is 2.27. The quantitative estimate of drug-likeness (QED) is 0.312. The third kappa shape index (κ3) is 6.55. The molecule has 0 bridgehead atoms. The lowest BCUT2D eigenvalue weighted by atomic mass is 10.2. The number of anilines is 1. The van der Waals surface area contributed by atoms with Crippen LogP contribution in [0.5, 0.6) is 0 Å². The molecule has 1 aliphatic heterocycles. The van der Waals surface area contributed by atoms with Crippen LogP contribution in [0.2, 0.25) is 5.28 Å². The lowest BCUT2D eigenvalue weighted by Gasteiger charge is -2.14. The Kier molecular flexibility index (Phi) is 9.02. The van der Waals surface area contributed by atoms with Gasteiger partial charge < -0.3 is 30.0 Å². The predicted octanol–water partition coefficient (Wildman–Crippen LogP) is 2.86. The number of terminal acetylenes is 1. The van der Waals surface area contributed by atoms with Gasteiger partial charge >= 0.3 is 6.16 Å². The van der Waals surface area contributed by atoms with Gasteiger partial charge in [-0.25, -0.2) is 9.78 Å². The number of carbonyl (C=O) groups is 1. The number of fused-ring (bicyclic) bond motifs is 1. The van der Waals surface area contributed by atoms with Crippen LogP contribution in [0.1, 0.15) is 24.6 Å². The third-order valence-electron chi connectivity index (χ3n) is 4.26. The zero-order valence-corrected chi connectivity index (χ0v) is 17.2. The van der Waals surface area contributed by atoms with Crippen LogP contribution in [0, 0.1) is 12.8 Å². The predicted molar refractivity (Wildman–Crippen MR) is 114 cm³/mol. The fourth-order valence-corrected chi connectivity index (χ4v) is 3.09. The Bertz CT molecular complexity index is 1010. The number of pyridine rings is 1. The Hall–Kier alpha value is -3.39. The van der Waals surface area contributed by atoms with E-state index in [0.717, 1.165) is 23.8 Å². The first-order valence-electron chi connectivity index (χ1n) is 9.11. The zero-order chi connectivity index (χ0) is 22.8. The van der Waals surface area contributed by atoms with Crippen LogP contribution >= 0.6 is 11.6 Å². The maximum absolute atomic E-state index is 9.93. The van der Waals surface area contributed by atoms with Gasteiger partial charge in [0.25, 0.3) is 0 Å². The monoisotopic (exact) mass is 447 g/mol. The van der Waals surface area contributed by atoms with Gasteiger partial charge in [-0.05, 0) is 36.6 Å². The van der Waals surface area contributed by atoms with Gasteiger partial charge in [0.15, 0.2) is 0 Å². The van der Waals surface area contributed by atoms with Crippen molar-refractivity contribution in [2.75, 3.05) is 12.3 Å². The molecule has 0 spiro atoms. The van der Waals surface area contributed by atoms with Gasteiger partial charge in [0.2, 0.25) is 5.28 Å². The van der Waals surface area contributed by atoms with Crippen LogP contribution in [-0.2, 0) is 16.1 Å². The van der Waals surface area contributed by atoms with E-state index in [0.29, 0.717) is 11.5 Å². The molecule has 31 heavy (non-hydrogen) atoms. The second-order valence-corrected chi connectivity index (χ2v) is 6.56. The first-order chi connectivity index (χ1) is 15.0. The van der Waals surface area contributed by atoms with E-state index in [1.165, 1.54) is 0 Å². The minimum absolute atomic E-state index is 0.0353. The van der Waals surface area contributed by atoms with Crippen LogP contribution in [0.25, 0.3) is 11.0 Å². The second-order valence-electron chi connectivity index (χ2n) is 6.23. The number of aliphatic hydroxyl groups is 1. The Morgan fingerprint density at radius 3 is 2.74 bits per heavy atom. The zero-order valence-electron chi connectivity index (χ0n) is 16.5. The molecule has 0 amide bonds. The fourth-order valence-electron chi connectivity index (χ4n) is 2.92. The summed E-state index contributed by atoms with van der Waals surface area (Å²) in [5.41, 5.74) is 7.20. The standard InChI is InChI=1S/C11H13ClN4O2.C7H7NO3.C2H2/c12-11-14-9(13)7-3-4-16(10(7)15-11)8-2-1-6(5-17)18-8;9-7(10)11-5-6-2-1-3-8-4-6;1-2/h3-4,6,8,17H,1-2,5H2,(H2,13,14,15);1-4H,5H2,(H,9,10);1-2H/t6-,8+;;/m0../s1. The molecule has 0 saturated carbocycles. The number of carboxylic acid groups (broad SMARTS) is 1. The first kappa shape index (κ1) is 23.9. The molecule has 1 aliphatic rings. The summed E-state index contributed by atoms with van der Waals surface area (Å²) in [6.45, 7) is 0.0940. The van der Waals surface area contributed by atoms with Crippen molar-refractivity contribution in [2.24, 2.45) is 0 Å². The van der Waals surface area contributed by atoms with E-state index in [4.69, 9.17) is 32.3 Å². The number of nitrogens with zero attached hydrogens (tertiary/aromatic N) is 4. The largest absolute Gasteiger partial charge is 0.506 e. The average molecular weight is 448 g/mol. The van der Waals surface area contributed by atoms with Gasteiger partial charge in [-0.2, -0.15) is 4.98 Å². The van der Waals surface area contributed by atoms with E-state index < -0.39 is 6.16 Å². The molecule has 11 heteroatoms. The number of hydrogen-bond donors (Lipinski definition) is 3. The third-order valence-corrected chi connectivity index (χ3v) is 4.43. The molecule has 3 aromatic heterocycles. The van der Waals surface area contributed by atoms with Crippen molar-refractivity contribution in [3.8, 4) is 12.8 Å². The summed E-state index contributed by atoms with van der Waals surface area (Å²) in [5, 5.41) is 18.1. The van der Waals surface area contributed by atoms with Crippen LogP contribution in [0.15, 0.2) is 36.8 Å². The molecule has 1 fully saturated rings. The minimum atomic E-state index is -1.27. The maximum atomic E-state index is 9.93. The molecule has 4 rings (SSSR count). The van der Waals surface area contributed by atoms with E-state index in [1.54, 1.807) is 24.5 Å². The molecule has 0 aromatic carbocycles. The molecule has 4 heterocycles. The summed E-state index contributed by atoms with van der Waals surface area (Å²) in [5.74, 6) is 0.362. The van der Waals surface area contributed by atoms with E-state index >= 15 is 0 Å². The van der Waals surface area contributed by atoms with Crippen molar-refractivity contribution in [2.45, 2.75) is 31.8 Å². The summed E-state index contributed by atoms with van der Waals surface area (Å²) in [4.78, 5) is 21.8. The highest BCUT2D eigenvalue weighted by atomic mass is 35.5. The molecule has 1 saturated heterocycles.